The fraction of sp³-hybridized carbons (Fsp3) is 0.391. The Kier molecular flexibility index (Phi) is 7.05. The van der Waals surface area contributed by atoms with Gasteiger partial charge in [-0.1, -0.05) is 6.07 Å². The second-order valence-electron chi connectivity index (χ2n) is 8.04. The van der Waals surface area contributed by atoms with E-state index < -0.39 is 10.0 Å². The number of aryl methyl sites for hydroxylation is 2. The molecule has 4 rings (SSSR count). The van der Waals surface area contributed by atoms with Crippen molar-refractivity contribution in [3.63, 3.8) is 0 Å². The van der Waals surface area contributed by atoms with Crippen LogP contribution < -0.4 is 10.1 Å². The molecule has 2 aromatic carbocycles. The maximum Gasteiger partial charge on any atom is 0.243 e. The van der Waals surface area contributed by atoms with E-state index in [0.29, 0.717) is 56.4 Å². The highest BCUT2D eigenvalue weighted by atomic mass is 32.2. The minimum Gasteiger partial charge on any atom is -0.504 e. The first-order valence-electron chi connectivity index (χ1n) is 11.0. The topological polar surface area (TPSA) is 123 Å². The average molecular weight is 489 g/mol. The number of hydrogen-bond donors (Lipinski definition) is 2. The third-order valence-electron chi connectivity index (χ3n) is 5.86. The minimum absolute atomic E-state index is 0.0420. The largest absolute Gasteiger partial charge is 0.504 e. The van der Waals surface area contributed by atoms with Gasteiger partial charge in [-0.05, 0) is 35.9 Å². The molecule has 34 heavy (non-hydrogen) atoms. The van der Waals surface area contributed by atoms with Crippen LogP contribution in [0.3, 0.4) is 0 Å². The van der Waals surface area contributed by atoms with Gasteiger partial charge in [0.1, 0.15) is 5.82 Å². The number of sulfonamides is 1. The van der Waals surface area contributed by atoms with Crippen molar-refractivity contribution >= 4 is 27.0 Å². The maximum absolute atomic E-state index is 12.9. The van der Waals surface area contributed by atoms with Crippen LogP contribution in [0.15, 0.2) is 41.3 Å². The summed E-state index contributed by atoms with van der Waals surface area (Å²) in [5.41, 5.74) is 2.18. The molecule has 1 amide bonds. The summed E-state index contributed by atoms with van der Waals surface area (Å²) in [6, 6.07) is 9.83. The highest BCUT2D eigenvalue weighted by Gasteiger charge is 2.27. The number of nitrogens with one attached hydrogen (secondary N) is 1. The third kappa shape index (κ3) is 5.01. The normalized spacial score (nSPS) is 14.9. The van der Waals surface area contributed by atoms with E-state index >= 15 is 0 Å². The summed E-state index contributed by atoms with van der Waals surface area (Å²) in [5.74, 6) is 0.939. The van der Waals surface area contributed by atoms with Crippen LogP contribution in [0, 0.1) is 0 Å². The van der Waals surface area contributed by atoms with Crippen LogP contribution in [-0.4, -0.2) is 66.7 Å². The minimum atomic E-state index is -3.61. The van der Waals surface area contributed by atoms with Gasteiger partial charge in [0.2, 0.25) is 15.9 Å². The Balaban J connectivity index is 1.41. The zero-order valence-electron chi connectivity index (χ0n) is 19.2. The molecule has 182 valence electrons. The zero-order chi connectivity index (χ0) is 24.3. The zero-order valence-corrected chi connectivity index (χ0v) is 20.0. The van der Waals surface area contributed by atoms with E-state index in [2.05, 4.69) is 10.3 Å². The number of fused-ring (bicyclic) bond motifs is 1. The summed E-state index contributed by atoms with van der Waals surface area (Å²) < 4.78 is 39.5. The van der Waals surface area contributed by atoms with Gasteiger partial charge in [0, 0.05) is 39.5 Å². The predicted octanol–water partition coefficient (Wildman–Crippen LogP) is 1.56. The number of aromatic hydroxyl groups is 1. The second kappa shape index (κ2) is 10.00. The van der Waals surface area contributed by atoms with Crippen LogP contribution in [0.1, 0.15) is 17.8 Å². The number of nitrogens with zero attached hydrogens (tertiary/aromatic N) is 3. The summed E-state index contributed by atoms with van der Waals surface area (Å²) in [4.78, 5) is 17.2. The molecule has 1 aromatic heterocycles. The van der Waals surface area contributed by atoms with E-state index in [9.17, 15) is 18.3 Å². The number of phenols is 1. The van der Waals surface area contributed by atoms with Gasteiger partial charge in [0.05, 0.1) is 36.3 Å². The molecule has 0 saturated carbocycles. The summed E-state index contributed by atoms with van der Waals surface area (Å²) in [6.07, 6.45) is 0.632. The summed E-state index contributed by atoms with van der Waals surface area (Å²) in [5, 5.41) is 12.5. The standard InChI is InChI=1S/C23H28N4O6S/c1-26-19-5-4-17(34(30,31)27-9-11-33-12-10-27)14-18(19)25-22(26)7-8-23(29)24-15-16-3-6-20(28)21(13-16)32-2/h3-6,13-14,28H,7-12,15H2,1-2H3,(H,24,29). The van der Waals surface area contributed by atoms with Gasteiger partial charge in [0.15, 0.2) is 11.5 Å². The molecule has 0 unspecified atom stereocenters. The molecule has 2 heterocycles. The number of hydrogen-bond acceptors (Lipinski definition) is 7. The molecular weight excluding hydrogens is 460 g/mol. The van der Waals surface area contributed by atoms with Gasteiger partial charge in [-0.15, -0.1) is 0 Å². The van der Waals surface area contributed by atoms with Crippen LogP contribution in [0.2, 0.25) is 0 Å². The van der Waals surface area contributed by atoms with Crippen molar-refractivity contribution in [2.75, 3.05) is 33.4 Å². The molecule has 0 atom stereocenters. The van der Waals surface area contributed by atoms with Crippen LogP contribution in [0.25, 0.3) is 11.0 Å². The lowest BCUT2D eigenvalue weighted by molar-refractivity contribution is -0.121. The van der Waals surface area contributed by atoms with Crippen LogP contribution in [-0.2, 0) is 39.6 Å². The fourth-order valence-electron chi connectivity index (χ4n) is 3.90. The van der Waals surface area contributed by atoms with Crippen molar-refractivity contribution in [1.82, 2.24) is 19.2 Å². The Morgan fingerprint density at radius 2 is 1.97 bits per heavy atom. The van der Waals surface area contributed by atoms with Gasteiger partial charge in [-0.3, -0.25) is 4.79 Å². The SMILES string of the molecule is COc1cc(CNC(=O)CCc2nc3cc(S(=O)(=O)N4CCOCC4)ccc3n2C)ccc1O. The summed E-state index contributed by atoms with van der Waals surface area (Å²) in [6.45, 7) is 1.75. The Morgan fingerprint density at radius 3 is 2.71 bits per heavy atom. The van der Waals surface area contributed by atoms with E-state index in [1.54, 1.807) is 30.3 Å². The molecule has 3 aromatic rings. The molecule has 1 saturated heterocycles. The Labute approximate surface area is 198 Å². The highest BCUT2D eigenvalue weighted by molar-refractivity contribution is 7.89. The molecule has 10 nitrogen and oxygen atoms in total. The van der Waals surface area contributed by atoms with E-state index in [-0.39, 0.29) is 23.0 Å². The molecule has 0 radical (unpaired) electrons. The van der Waals surface area contributed by atoms with Gasteiger partial charge in [-0.2, -0.15) is 4.31 Å². The van der Waals surface area contributed by atoms with Gasteiger partial charge < -0.3 is 24.5 Å². The number of carbonyl (C=O) groups is 1. The smallest absolute Gasteiger partial charge is 0.243 e. The highest BCUT2D eigenvalue weighted by Crippen LogP contribution is 2.26. The number of imidazole rings is 1. The number of morpholine rings is 1. The lowest BCUT2D eigenvalue weighted by Gasteiger charge is -2.26. The second-order valence-corrected chi connectivity index (χ2v) is 9.97. The molecule has 1 aliphatic heterocycles. The maximum atomic E-state index is 12.9. The number of amides is 1. The number of benzene rings is 2. The lowest BCUT2D eigenvalue weighted by Crippen LogP contribution is -2.40. The summed E-state index contributed by atoms with van der Waals surface area (Å²) >= 11 is 0. The molecule has 0 aliphatic carbocycles. The number of phenolic OH excluding ortho intramolecular Hbond substituents is 1. The van der Waals surface area contributed by atoms with E-state index in [0.717, 1.165) is 11.1 Å². The first-order valence-corrected chi connectivity index (χ1v) is 12.4. The number of methoxy groups -OCH3 is 1. The Morgan fingerprint density at radius 1 is 1.21 bits per heavy atom. The van der Waals surface area contributed by atoms with Gasteiger partial charge >= 0.3 is 0 Å². The van der Waals surface area contributed by atoms with Crippen LogP contribution in [0.5, 0.6) is 11.5 Å². The Bertz CT molecular complexity index is 1300. The van der Waals surface area contributed by atoms with E-state index in [4.69, 9.17) is 9.47 Å². The molecular formula is C23H28N4O6S. The number of ether oxygens (including phenoxy) is 2. The lowest BCUT2D eigenvalue weighted by atomic mass is 10.2. The van der Waals surface area contributed by atoms with Crippen molar-refractivity contribution in [1.29, 1.82) is 0 Å². The van der Waals surface area contributed by atoms with Gasteiger partial charge in [-0.25, -0.2) is 13.4 Å². The average Bonchev–Trinajstić information content (AvgIpc) is 3.17. The molecule has 11 heteroatoms. The van der Waals surface area contributed by atoms with Crippen LogP contribution >= 0.6 is 0 Å². The van der Waals surface area contributed by atoms with E-state index in [1.165, 1.54) is 17.5 Å². The van der Waals surface area contributed by atoms with E-state index in [1.807, 2.05) is 11.6 Å². The van der Waals surface area contributed by atoms with Crippen molar-refractivity contribution in [2.45, 2.75) is 24.3 Å². The van der Waals surface area contributed by atoms with Crippen LogP contribution in [0.4, 0.5) is 0 Å². The first-order chi connectivity index (χ1) is 16.3. The molecule has 2 N–H and O–H groups in total. The van der Waals surface area contributed by atoms with Crippen molar-refractivity contribution in [2.24, 2.45) is 7.05 Å². The molecule has 1 fully saturated rings. The molecule has 0 spiro atoms. The third-order valence-corrected chi connectivity index (χ3v) is 7.76. The number of aromatic nitrogens is 2. The summed E-state index contributed by atoms with van der Waals surface area (Å²) in [7, 11) is -0.293. The predicted molar refractivity (Wildman–Crippen MR) is 125 cm³/mol. The molecule has 0 bridgehead atoms. The van der Waals surface area contributed by atoms with Crippen molar-refractivity contribution < 1.29 is 27.8 Å². The number of rotatable bonds is 8. The fourth-order valence-corrected chi connectivity index (χ4v) is 5.32. The quantitative estimate of drug-likeness (QED) is 0.493. The van der Waals surface area contributed by atoms with Gasteiger partial charge in [0.25, 0.3) is 0 Å². The number of carbonyl (C=O) groups excluding carboxylic acids is 1. The Hall–Kier alpha value is -3.15. The monoisotopic (exact) mass is 488 g/mol. The van der Waals surface area contributed by atoms with Crippen molar-refractivity contribution in [3.05, 3.63) is 47.8 Å². The first kappa shape index (κ1) is 24.0. The van der Waals surface area contributed by atoms with Crippen molar-refractivity contribution in [3.8, 4) is 11.5 Å². The molecule has 1 aliphatic rings.